The highest BCUT2D eigenvalue weighted by Gasteiger charge is 2.44. The number of likely N-dealkylation sites (tertiary alicyclic amines) is 1. The third kappa shape index (κ3) is 3.45. The maximum absolute atomic E-state index is 12.5. The van der Waals surface area contributed by atoms with Gasteiger partial charge in [-0.05, 0) is 18.4 Å². The van der Waals surface area contributed by atoms with Crippen molar-refractivity contribution >= 4 is 5.91 Å². The highest BCUT2D eigenvalue weighted by molar-refractivity contribution is 5.77. The van der Waals surface area contributed by atoms with E-state index >= 15 is 0 Å². The predicted octanol–water partition coefficient (Wildman–Crippen LogP) is 2.92. The number of imidazole rings is 1. The van der Waals surface area contributed by atoms with E-state index in [4.69, 9.17) is 0 Å². The molecule has 2 aromatic rings. The topological polar surface area (TPSA) is 50.2 Å². The molecule has 4 rings (SSSR count). The van der Waals surface area contributed by atoms with Crippen LogP contribution >= 0.6 is 0 Å². The van der Waals surface area contributed by atoms with Crippen molar-refractivity contribution in [2.45, 2.75) is 37.5 Å². The molecule has 0 atom stereocenters. The number of amides is 1. The normalized spacial score (nSPS) is 19.1. The molecule has 3 heterocycles. The minimum Gasteiger partial charge on any atom is -0.342 e. The largest absolute Gasteiger partial charge is 0.397 e. The van der Waals surface area contributed by atoms with Gasteiger partial charge in [-0.15, -0.1) is 0 Å². The van der Waals surface area contributed by atoms with Crippen molar-refractivity contribution in [1.82, 2.24) is 19.8 Å². The Labute approximate surface area is 155 Å². The molecule has 0 bridgehead atoms. The number of hydrogen-bond donors (Lipinski definition) is 1. The van der Waals surface area contributed by atoms with E-state index in [1.807, 2.05) is 36.5 Å². The van der Waals surface area contributed by atoms with Crippen molar-refractivity contribution in [2.24, 2.45) is 0 Å². The molecule has 8 heteroatoms. The number of halogens is 3. The van der Waals surface area contributed by atoms with Crippen LogP contribution in [-0.4, -0.2) is 46.2 Å². The lowest BCUT2D eigenvalue weighted by Crippen LogP contribution is -2.56. The molecule has 1 fully saturated rings. The first-order valence-electron chi connectivity index (χ1n) is 9.09. The lowest BCUT2D eigenvalue weighted by Gasteiger charge is -2.44. The van der Waals surface area contributed by atoms with Crippen LogP contribution in [0.25, 0.3) is 11.3 Å². The molecular formula is C19H21F3N4O. The second-order valence-corrected chi connectivity index (χ2v) is 7.17. The van der Waals surface area contributed by atoms with Crippen molar-refractivity contribution in [3.63, 3.8) is 0 Å². The number of alkyl halides is 3. The number of rotatable bonds is 2. The molecule has 1 N–H and O–H groups in total. The Balaban J connectivity index is 1.54. The molecule has 0 saturated carbocycles. The number of hydrogen-bond acceptors (Lipinski definition) is 3. The van der Waals surface area contributed by atoms with Gasteiger partial charge in [0.15, 0.2) is 0 Å². The van der Waals surface area contributed by atoms with Crippen LogP contribution in [0.2, 0.25) is 0 Å². The lowest BCUT2D eigenvalue weighted by molar-refractivity contribution is -0.162. The quantitative estimate of drug-likeness (QED) is 0.874. The fourth-order valence-corrected chi connectivity index (χ4v) is 4.13. The van der Waals surface area contributed by atoms with E-state index in [1.54, 1.807) is 0 Å². The van der Waals surface area contributed by atoms with Gasteiger partial charge < -0.3 is 14.8 Å². The number of aromatic nitrogens is 2. The summed E-state index contributed by atoms with van der Waals surface area (Å²) in [6.45, 7) is 2.16. The standard InChI is InChI=1S/C19H21F3N4O/c20-19(21,22)12-16(27)25-9-6-18(7-10-25)17-23-13-15(26(17)11-8-24-18)14-4-2-1-3-5-14/h1-5,13,24H,6-12H2. The summed E-state index contributed by atoms with van der Waals surface area (Å²) >= 11 is 0. The first kappa shape index (κ1) is 18.0. The number of carbonyl (C=O) groups is 1. The summed E-state index contributed by atoms with van der Waals surface area (Å²) in [5.41, 5.74) is 1.74. The molecule has 2 aliphatic rings. The second kappa shape index (κ2) is 6.67. The maximum atomic E-state index is 12.5. The fraction of sp³-hybridized carbons (Fsp3) is 0.474. The zero-order valence-corrected chi connectivity index (χ0v) is 14.8. The summed E-state index contributed by atoms with van der Waals surface area (Å²) in [7, 11) is 0. The van der Waals surface area contributed by atoms with E-state index in [0.29, 0.717) is 25.9 Å². The van der Waals surface area contributed by atoms with E-state index in [-0.39, 0.29) is 5.54 Å². The van der Waals surface area contributed by atoms with Crippen LogP contribution in [0.1, 0.15) is 25.1 Å². The highest BCUT2D eigenvalue weighted by atomic mass is 19.4. The Morgan fingerprint density at radius 1 is 1.15 bits per heavy atom. The molecule has 1 aromatic carbocycles. The number of fused-ring (bicyclic) bond motifs is 2. The summed E-state index contributed by atoms with van der Waals surface area (Å²) in [6, 6.07) is 10.0. The van der Waals surface area contributed by atoms with Crippen LogP contribution in [0.15, 0.2) is 36.5 Å². The third-order valence-corrected chi connectivity index (χ3v) is 5.47. The number of benzene rings is 1. The first-order chi connectivity index (χ1) is 12.9. The van der Waals surface area contributed by atoms with E-state index in [9.17, 15) is 18.0 Å². The van der Waals surface area contributed by atoms with Gasteiger partial charge in [0.1, 0.15) is 12.2 Å². The Bertz CT molecular complexity index is 823. The van der Waals surface area contributed by atoms with E-state index < -0.39 is 18.5 Å². The molecule has 5 nitrogen and oxygen atoms in total. The molecule has 27 heavy (non-hydrogen) atoms. The van der Waals surface area contributed by atoms with E-state index in [0.717, 1.165) is 30.2 Å². The van der Waals surface area contributed by atoms with Crippen molar-refractivity contribution in [1.29, 1.82) is 0 Å². The fourth-order valence-electron chi connectivity index (χ4n) is 4.13. The van der Waals surface area contributed by atoms with Gasteiger partial charge in [0.05, 0.1) is 17.4 Å². The molecule has 1 aromatic heterocycles. The molecular weight excluding hydrogens is 357 g/mol. The summed E-state index contributed by atoms with van der Waals surface area (Å²) in [5.74, 6) is 0.0667. The number of piperidine rings is 1. The van der Waals surface area contributed by atoms with E-state index in [2.05, 4.69) is 14.9 Å². The molecule has 144 valence electrons. The van der Waals surface area contributed by atoms with Gasteiger partial charge in [0.2, 0.25) is 5.91 Å². The lowest BCUT2D eigenvalue weighted by atomic mass is 9.85. The van der Waals surface area contributed by atoms with Gasteiger partial charge >= 0.3 is 6.18 Å². The Morgan fingerprint density at radius 3 is 2.52 bits per heavy atom. The van der Waals surface area contributed by atoms with Crippen molar-refractivity contribution in [3.8, 4) is 11.3 Å². The highest BCUT2D eigenvalue weighted by Crippen LogP contribution is 2.37. The van der Waals surface area contributed by atoms with Gasteiger partial charge in [-0.1, -0.05) is 30.3 Å². The third-order valence-electron chi connectivity index (χ3n) is 5.47. The number of nitrogens with zero attached hydrogens (tertiary/aromatic N) is 3. The minimum absolute atomic E-state index is 0.301. The average molecular weight is 378 g/mol. The van der Waals surface area contributed by atoms with Crippen LogP contribution in [-0.2, 0) is 16.9 Å². The predicted molar refractivity (Wildman–Crippen MR) is 93.8 cm³/mol. The zero-order chi connectivity index (χ0) is 19.1. The monoisotopic (exact) mass is 378 g/mol. The van der Waals surface area contributed by atoms with Crippen LogP contribution in [0.4, 0.5) is 13.2 Å². The zero-order valence-electron chi connectivity index (χ0n) is 14.8. The van der Waals surface area contributed by atoms with Gasteiger partial charge in [-0.2, -0.15) is 13.2 Å². The Hall–Kier alpha value is -2.35. The van der Waals surface area contributed by atoms with Crippen molar-refractivity contribution < 1.29 is 18.0 Å². The Morgan fingerprint density at radius 2 is 1.85 bits per heavy atom. The summed E-state index contributed by atoms with van der Waals surface area (Å²) < 4.78 is 39.7. The van der Waals surface area contributed by atoms with Crippen LogP contribution in [0.3, 0.4) is 0 Å². The van der Waals surface area contributed by atoms with E-state index in [1.165, 1.54) is 4.90 Å². The molecule has 2 aliphatic heterocycles. The SMILES string of the molecule is O=C(CC(F)(F)F)N1CCC2(CC1)NCCn1c(-c3ccccc3)cnc12. The summed E-state index contributed by atoms with van der Waals surface area (Å²) in [5, 5.41) is 3.52. The smallest absolute Gasteiger partial charge is 0.342 e. The van der Waals surface area contributed by atoms with Gasteiger partial charge in [0, 0.05) is 26.2 Å². The maximum Gasteiger partial charge on any atom is 0.397 e. The van der Waals surface area contributed by atoms with Crippen LogP contribution < -0.4 is 5.32 Å². The number of nitrogens with one attached hydrogen (secondary N) is 1. The Kier molecular flexibility index (Phi) is 4.46. The molecule has 0 aliphatic carbocycles. The van der Waals surface area contributed by atoms with Gasteiger partial charge in [0.25, 0.3) is 0 Å². The summed E-state index contributed by atoms with van der Waals surface area (Å²) in [4.78, 5) is 17.9. The van der Waals surface area contributed by atoms with Crippen molar-refractivity contribution in [3.05, 3.63) is 42.4 Å². The molecule has 0 unspecified atom stereocenters. The molecule has 1 saturated heterocycles. The first-order valence-corrected chi connectivity index (χ1v) is 9.09. The minimum atomic E-state index is -4.46. The van der Waals surface area contributed by atoms with Gasteiger partial charge in [-0.3, -0.25) is 4.79 Å². The van der Waals surface area contributed by atoms with Crippen LogP contribution in [0, 0.1) is 0 Å². The second-order valence-electron chi connectivity index (χ2n) is 7.17. The molecule has 1 amide bonds. The number of carbonyl (C=O) groups excluding carboxylic acids is 1. The molecule has 0 radical (unpaired) electrons. The average Bonchev–Trinajstić information content (AvgIpc) is 3.07. The summed E-state index contributed by atoms with van der Waals surface area (Å²) in [6.07, 6.45) is -2.87. The van der Waals surface area contributed by atoms with Crippen LogP contribution in [0.5, 0.6) is 0 Å². The van der Waals surface area contributed by atoms with Crippen molar-refractivity contribution in [2.75, 3.05) is 19.6 Å². The van der Waals surface area contributed by atoms with Gasteiger partial charge in [-0.25, -0.2) is 4.98 Å². The molecule has 1 spiro atoms.